The third-order valence-electron chi connectivity index (χ3n) is 5.37. The number of piperidine rings is 1. The smallest absolute Gasteiger partial charge is 0.234 e. The lowest BCUT2D eigenvalue weighted by atomic mass is 10.1. The molecule has 2 saturated heterocycles. The van der Waals surface area contributed by atoms with Crippen molar-refractivity contribution in [1.29, 1.82) is 0 Å². The van der Waals surface area contributed by atoms with Gasteiger partial charge in [-0.15, -0.1) is 24.8 Å². The first-order valence-corrected chi connectivity index (χ1v) is 9.78. The molecule has 2 aliphatic rings. The van der Waals surface area contributed by atoms with Crippen molar-refractivity contribution < 1.29 is 9.53 Å². The van der Waals surface area contributed by atoms with E-state index in [-0.39, 0.29) is 30.7 Å². The number of nitrogens with one attached hydrogen (secondary N) is 2. The van der Waals surface area contributed by atoms with Crippen LogP contribution in [0.1, 0.15) is 24.0 Å². The largest absolute Gasteiger partial charge is 0.379 e. The zero-order valence-electron chi connectivity index (χ0n) is 16.7. The van der Waals surface area contributed by atoms with Crippen molar-refractivity contribution in [2.24, 2.45) is 0 Å². The van der Waals surface area contributed by atoms with Gasteiger partial charge < -0.3 is 15.4 Å². The van der Waals surface area contributed by atoms with E-state index in [0.29, 0.717) is 19.1 Å². The van der Waals surface area contributed by atoms with Gasteiger partial charge in [0.25, 0.3) is 0 Å². The number of carbonyl (C=O) groups is 1. The van der Waals surface area contributed by atoms with E-state index in [0.717, 1.165) is 52.4 Å². The fraction of sp³-hybridized carbons (Fsp3) is 0.650. The minimum Gasteiger partial charge on any atom is -0.379 e. The van der Waals surface area contributed by atoms with Gasteiger partial charge in [0.2, 0.25) is 5.91 Å². The maximum Gasteiger partial charge on any atom is 0.234 e. The first-order valence-electron chi connectivity index (χ1n) is 9.78. The minimum absolute atomic E-state index is 0. The Morgan fingerprint density at radius 3 is 2.54 bits per heavy atom. The molecular formula is C20H34Cl2N4O2. The summed E-state index contributed by atoms with van der Waals surface area (Å²) in [6, 6.07) is 8.91. The number of morpholine rings is 1. The Bertz CT molecular complexity index is 585. The molecule has 1 atom stereocenters. The molecule has 28 heavy (non-hydrogen) atoms. The molecule has 1 unspecified atom stereocenters. The number of hydrogen-bond donors (Lipinski definition) is 2. The average molecular weight is 433 g/mol. The molecule has 1 amide bonds. The van der Waals surface area contributed by atoms with Crippen LogP contribution in [0.3, 0.4) is 0 Å². The summed E-state index contributed by atoms with van der Waals surface area (Å²) < 4.78 is 5.43. The molecule has 6 nitrogen and oxygen atoms in total. The molecule has 0 aromatic heterocycles. The second-order valence-electron chi connectivity index (χ2n) is 7.30. The number of halogens is 2. The molecule has 2 fully saturated rings. The highest BCUT2D eigenvalue weighted by atomic mass is 35.5. The number of amides is 1. The monoisotopic (exact) mass is 432 g/mol. The zero-order chi connectivity index (χ0) is 18.2. The van der Waals surface area contributed by atoms with E-state index in [1.807, 2.05) is 13.1 Å². The van der Waals surface area contributed by atoms with Gasteiger partial charge in [-0.25, -0.2) is 0 Å². The summed E-state index contributed by atoms with van der Waals surface area (Å²) in [4.78, 5) is 17.0. The first-order chi connectivity index (χ1) is 12.7. The van der Waals surface area contributed by atoms with Gasteiger partial charge in [0.1, 0.15) is 0 Å². The van der Waals surface area contributed by atoms with Gasteiger partial charge in [0, 0.05) is 38.8 Å². The van der Waals surface area contributed by atoms with Gasteiger partial charge in [0.15, 0.2) is 0 Å². The minimum atomic E-state index is 0. The van der Waals surface area contributed by atoms with E-state index < -0.39 is 0 Å². The van der Waals surface area contributed by atoms with Crippen molar-refractivity contribution in [3.8, 4) is 0 Å². The quantitative estimate of drug-likeness (QED) is 0.685. The molecule has 0 saturated carbocycles. The van der Waals surface area contributed by atoms with Gasteiger partial charge in [0.05, 0.1) is 19.8 Å². The predicted molar refractivity (Wildman–Crippen MR) is 117 cm³/mol. The van der Waals surface area contributed by atoms with Crippen molar-refractivity contribution in [2.45, 2.75) is 32.0 Å². The second kappa shape index (κ2) is 13.4. The standard InChI is InChI=1S/C20H32N4O2.2ClH/c1-21-19-7-4-8-24(15-19)16-20(25)22-13-17-5-2-3-6-18(17)14-23-9-11-26-12-10-23;;/h2-3,5-6,19,21H,4,7-16H2,1H3,(H,22,25);2*1H. The van der Waals surface area contributed by atoms with E-state index in [1.54, 1.807) is 0 Å². The summed E-state index contributed by atoms with van der Waals surface area (Å²) in [6.07, 6.45) is 2.35. The van der Waals surface area contributed by atoms with Crippen LogP contribution >= 0.6 is 24.8 Å². The Balaban J connectivity index is 0.00000196. The number of benzene rings is 1. The molecule has 0 spiro atoms. The zero-order valence-corrected chi connectivity index (χ0v) is 18.3. The number of likely N-dealkylation sites (tertiary alicyclic amines) is 1. The number of nitrogens with zero attached hydrogens (tertiary/aromatic N) is 2. The van der Waals surface area contributed by atoms with Crippen LogP contribution in [0.25, 0.3) is 0 Å². The Hall–Kier alpha value is -0.890. The van der Waals surface area contributed by atoms with Crippen LogP contribution in [0, 0.1) is 0 Å². The van der Waals surface area contributed by atoms with Crippen LogP contribution in [0.2, 0.25) is 0 Å². The van der Waals surface area contributed by atoms with E-state index in [2.05, 4.69) is 38.6 Å². The van der Waals surface area contributed by atoms with Crippen molar-refractivity contribution in [3.63, 3.8) is 0 Å². The topological polar surface area (TPSA) is 56.8 Å². The Morgan fingerprint density at radius 1 is 1.11 bits per heavy atom. The molecule has 2 N–H and O–H groups in total. The molecule has 8 heteroatoms. The van der Waals surface area contributed by atoms with Crippen molar-refractivity contribution >= 4 is 30.7 Å². The highest BCUT2D eigenvalue weighted by Gasteiger charge is 2.20. The first kappa shape index (κ1) is 25.1. The fourth-order valence-electron chi connectivity index (χ4n) is 3.77. The van der Waals surface area contributed by atoms with Gasteiger partial charge in [-0.05, 0) is 37.6 Å². The SMILES string of the molecule is CNC1CCCN(CC(=O)NCc2ccccc2CN2CCOCC2)C1.Cl.Cl. The Labute approximate surface area is 181 Å². The maximum atomic E-state index is 12.4. The summed E-state index contributed by atoms with van der Waals surface area (Å²) in [5.41, 5.74) is 2.50. The van der Waals surface area contributed by atoms with Crippen molar-refractivity contribution in [1.82, 2.24) is 20.4 Å². The van der Waals surface area contributed by atoms with Gasteiger partial charge in [-0.2, -0.15) is 0 Å². The fourth-order valence-corrected chi connectivity index (χ4v) is 3.77. The third kappa shape index (κ3) is 7.85. The molecule has 0 aliphatic carbocycles. The number of hydrogen-bond acceptors (Lipinski definition) is 5. The van der Waals surface area contributed by atoms with Crippen molar-refractivity contribution in [3.05, 3.63) is 35.4 Å². The van der Waals surface area contributed by atoms with Crippen LogP contribution in [0.5, 0.6) is 0 Å². The molecule has 0 radical (unpaired) electrons. The molecular weight excluding hydrogens is 399 g/mol. The third-order valence-corrected chi connectivity index (χ3v) is 5.37. The molecule has 2 heterocycles. The van der Waals surface area contributed by atoms with Gasteiger partial charge >= 0.3 is 0 Å². The van der Waals surface area contributed by atoms with E-state index in [4.69, 9.17) is 4.74 Å². The average Bonchev–Trinajstić information content (AvgIpc) is 2.68. The predicted octanol–water partition coefficient (Wildman–Crippen LogP) is 1.66. The van der Waals surface area contributed by atoms with Gasteiger partial charge in [-0.1, -0.05) is 24.3 Å². The highest BCUT2D eigenvalue weighted by molar-refractivity contribution is 5.85. The van der Waals surface area contributed by atoms with Crippen LogP contribution in [-0.4, -0.2) is 74.7 Å². The molecule has 0 bridgehead atoms. The summed E-state index contributed by atoms with van der Waals surface area (Å²) in [5.74, 6) is 0.114. The van der Waals surface area contributed by atoms with Crippen LogP contribution in [-0.2, 0) is 22.6 Å². The molecule has 2 aliphatic heterocycles. The van der Waals surface area contributed by atoms with E-state index >= 15 is 0 Å². The lowest BCUT2D eigenvalue weighted by molar-refractivity contribution is -0.122. The molecule has 160 valence electrons. The lowest BCUT2D eigenvalue weighted by Crippen LogP contribution is -2.47. The normalized spacial score (nSPS) is 20.7. The summed E-state index contributed by atoms with van der Waals surface area (Å²) in [6.45, 7) is 7.55. The van der Waals surface area contributed by atoms with Crippen molar-refractivity contribution in [2.75, 3.05) is 53.0 Å². The van der Waals surface area contributed by atoms with E-state index in [1.165, 1.54) is 17.5 Å². The number of carbonyl (C=O) groups excluding carboxylic acids is 1. The Morgan fingerprint density at radius 2 is 1.82 bits per heavy atom. The molecule has 3 rings (SSSR count). The number of ether oxygens (including phenoxy) is 1. The number of likely N-dealkylation sites (N-methyl/N-ethyl adjacent to an activating group) is 1. The van der Waals surface area contributed by atoms with E-state index in [9.17, 15) is 4.79 Å². The van der Waals surface area contributed by atoms with Crippen LogP contribution < -0.4 is 10.6 Å². The maximum absolute atomic E-state index is 12.4. The molecule has 1 aromatic rings. The molecule has 1 aromatic carbocycles. The summed E-state index contributed by atoms with van der Waals surface area (Å²) in [7, 11) is 2.00. The highest BCUT2D eigenvalue weighted by Crippen LogP contribution is 2.13. The Kier molecular flexibility index (Phi) is 12.0. The van der Waals surface area contributed by atoms with Gasteiger partial charge in [-0.3, -0.25) is 14.6 Å². The number of rotatable bonds is 7. The summed E-state index contributed by atoms with van der Waals surface area (Å²) >= 11 is 0. The van der Waals surface area contributed by atoms with Crippen LogP contribution in [0.4, 0.5) is 0 Å². The lowest BCUT2D eigenvalue weighted by Gasteiger charge is -2.32. The summed E-state index contributed by atoms with van der Waals surface area (Å²) in [5, 5.41) is 6.44. The second-order valence-corrected chi connectivity index (χ2v) is 7.30. The van der Waals surface area contributed by atoms with Crippen LogP contribution in [0.15, 0.2) is 24.3 Å².